The number of hydrogen-bond donors (Lipinski definition) is 2. The van der Waals surface area contributed by atoms with Gasteiger partial charge in [0.2, 0.25) is 0 Å². The molecule has 0 fully saturated rings. The highest BCUT2D eigenvalue weighted by Crippen LogP contribution is 2.25. The summed E-state index contributed by atoms with van der Waals surface area (Å²) in [4.78, 5) is 3.67. The summed E-state index contributed by atoms with van der Waals surface area (Å²) in [5.74, 6) is 0.216. The summed E-state index contributed by atoms with van der Waals surface area (Å²) in [7, 11) is -3.84. The van der Waals surface area contributed by atoms with Gasteiger partial charge < -0.3 is 5.73 Å². The lowest BCUT2D eigenvalue weighted by atomic mass is 10.2. The highest BCUT2D eigenvalue weighted by atomic mass is 35.5. The minimum absolute atomic E-state index is 0.0508. The number of sulfonamides is 1. The number of nitrogens with two attached hydrogens (primary N) is 1. The monoisotopic (exact) mass is 308 g/mol. The summed E-state index contributed by atoms with van der Waals surface area (Å²) in [6.45, 7) is 0. The second-order valence-corrected chi connectivity index (χ2v) is 5.92. The predicted octanol–water partition coefficient (Wildman–Crippen LogP) is 1.99. The Balaban J connectivity index is 2.38. The van der Waals surface area contributed by atoms with Crippen LogP contribution in [0, 0.1) is 11.3 Å². The van der Waals surface area contributed by atoms with Gasteiger partial charge in [0.1, 0.15) is 10.7 Å². The standard InChI is InChI=1S/C12H9ClN4O2S/c13-10-3-1-8(6-14)5-11(10)17-20(18,19)9-2-4-12(15)16-7-9/h1-5,7,17H,(H2,15,16). The van der Waals surface area contributed by atoms with Crippen LogP contribution in [-0.2, 0) is 10.0 Å². The van der Waals surface area contributed by atoms with Gasteiger partial charge in [0.25, 0.3) is 10.0 Å². The van der Waals surface area contributed by atoms with Crippen molar-refractivity contribution in [3.8, 4) is 6.07 Å². The van der Waals surface area contributed by atoms with Crippen LogP contribution in [0.2, 0.25) is 5.02 Å². The van der Waals surface area contributed by atoms with E-state index in [1.807, 2.05) is 6.07 Å². The van der Waals surface area contributed by atoms with E-state index >= 15 is 0 Å². The molecular formula is C12H9ClN4O2S. The molecule has 0 radical (unpaired) electrons. The van der Waals surface area contributed by atoms with E-state index in [4.69, 9.17) is 22.6 Å². The van der Waals surface area contributed by atoms with E-state index < -0.39 is 10.0 Å². The maximum Gasteiger partial charge on any atom is 0.263 e. The minimum atomic E-state index is -3.84. The zero-order valence-electron chi connectivity index (χ0n) is 10.0. The molecule has 0 bridgehead atoms. The van der Waals surface area contributed by atoms with Gasteiger partial charge in [-0.25, -0.2) is 13.4 Å². The minimum Gasteiger partial charge on any atom is -0.384 e. The van der Waals surface area contributed by atoms with Crippen LogP contribution < -0.4 is 10.5 Å². The van der Waals surface area contributed by atoms with Gasteiger partial charge >= 0.3 is 0 Å². The number of aromatic nitrogens is 1. The van der Waals surface area contributed by atoms with Crippen molar-refractivity contribution in [1.29, 1.82) is 5.26 Å². The Kier molecular flexibility index (Phi) is 3.79. The Bertz CT molecular complexity index is 782. The van der Waals surface area contributed by atoms with Crippen LogP contribution in [0.3, 0.4) is 0 Å². The van der Waals surface area contributed by atoms with Crippen molar-refractivity contribution in [2.45, 2.75) is 4.90 Å². The molecule has 1 aromatic carbocycles. The van der Waals surface area contributed by atoms with Gasteiger partial charge in [-0.1, -0.05) is 11.6 Å². The lowest BCUT2D eigenvalue weighted by molar-refractivity contribution is 0.601. The number of pyridine rings is 1. The highest BCUT2D eigenvalue weighted by Gasteiger charge is 2.16. The number of anilines is 2. The number of nitrogen functional groups attached to an aromatic ring is 1. The molecule has 2 aromatic rings. The molecule has 3 N–H and O–H groups in total. The average Bonchev–Trinajstić information content (AvgIpc) is 2.41. The number of rotatable bonds is 3. The van der Waals surface area contributed by atoms with E-state index in [-0.39, 0.29) is 21.4 Å². The first-order chi connectivity index (χ1) is 9.42. The fourth-order valence-electron chi connectivity index (χ4n) is 1.43. The largest absolute Gasteiger partial charge is 0.384 e. The van der Waals surface area contributed by atoms with E-state index in [0.717, 1.165) is 6.20 Å². The average molecular weight is 309 g/mol. The molecule has 0 aliphatic carbocycles. The van der Waals surface area contributed by atoms with Crippen LogP contribution >= 0.6 is 11.6 Å². The third kappa shape index (κ3) is 2.99. The molecule has 0 aliphatic rings. The van der Waals surface area contributed by atoms with Crippen molar-refractivity contribution in [2.24, 2.45) is 0 Å². The number of benzene rings is 1. The third-order valence-electron chi connectivity index (χ3n) is 2.41. The summed E-state index contributed by atoms with van der Waals surface area (Å²) < 4.78 is 26.6. The lowest BCUT2D eigenvalue weighted by Crippen LogP contribution is -2.13. The lowest BCUT2D eigenvalue weighted by Gasteiger charge is -2.09. The Morgan fingerprint density at radius 3 is 2.65 bits per heavy atom. The number of nitrogens with zero attached hydrogens (tertiary/aromatic N) is 2. The summed E-state index contributed by atoms with van der Waals surface area (Å²) in [5, 5.41) is 9.00. The quantitative estimate of drug-likeness (QED) is 0.901. The molecule has 0 saturated carbocycles. The van der Waals surface area contributed by atoms with Crippen molar-refractivity contribution >= 4 is 33.1 Å². The Labute approximate surface area is 120 Å². The van der Waals surface area contributed by atoms with Crippen LogP contribution in [0.4, 0.5) is 11.5 Å². The molecule has 1 heterocycles. The van der Waals surface area contributed by atoms with Crippen LogP contribution in [-0.4, -0.2) is 13.4 Å². The molecule has 0 unspecified atom stereocenters. The Morgan fingerprint density at radius 1 is 1.30 bits per heavy atom. The molecule has 6 nitrogen and oxygen atoms in total. The van der Waals surface area contributed by atoms with Gasteiger partial charge in [0, 0.05) is 6.20 Å². The normalized spacial score (nSPS) is 10.8. The van der Waals surface area contributed by atoms with Gasteiger partial charge in [-0.05, 0) is 30.3 Å². The van der Waals surface area contributed by atoms with Gasteiger partial charge in [-0.2, -0.15) is 5.26 Å². The van der Waals surface area contributed by atoms with E-state index in [1.54, 1.807) is 0 Å². The van der Waals surface area contributed by atoms with Crippen molar-refractivity contribution in [1.82, 2.24) is 4.98 Å². The SMILES string of the molecule is N#Cc1ccc(Cl)c(NS(=O)(=O)c2ccc(N)nc2)c1. The molecule has 0 atom stereocenters. The smallest absolute Gasteiger partial charge is 0.263 e. The Hall–Kier alpha value is -2.30. The number of nitriles is 1. The van der Waals surface area contributed by atoms with Gasteiger partial charge in [0.15, 0.2) is 0 Å². The first-order valence-corrected chi connectivity index (χ1v) is 7.22. The number of halogens is 1. The first-order valence-electron chi connectivity index (χ1n) is 5.36. The Morgan fingerprint density at radius 2 is 2.05 bits per heavy atom. The molecule has 0 saturated heterocycles. The van der Waals surface area contributed by atoms with E-state index in [0.29, 0.717) is 5.56 Å². The van der Waals surface area contributed by atoms with E-state index in [1.165, 1.54) is 30.3 Å². The predicted molar refractivity (Wildman–Crippen MR) is 75.6 cm³/mol. The molecule has 102 valence electrons. The second kappa shape index (κ2) is 5.36. The van der Waals surface area contributed by atoms with Crippen molar-refractivity contribution in [3.63, 3.8) is 0 Å². The topological polar surface area (TPSA) is 109 Å². The summed E-state index contributed by atoms with van der Waals surface area (Å²) in [6, 6.07) is 8.89. The van der Waals surface area contributed by atoms with Crippen LogP contribution in [0.15, 0.2) is 41.4 Å². The zero-order chi connectivity index (χ0) is 14.8. The third-order valence-corrected chi connectivity index (χ3v) is 4.09. The molecule has 0 aliphatic heterocycles. The van der Waals surface area contributed by atoms with Gasteiger partial charge in [0.05, 0.1) is 22.3 Å². The molecule has 0 amide bonds. The van der Waals surface area contributed by atoms with Crippen molar-refractivity contribution in [3.05, 3.63) is 47.1 Å². The molecular weight excluding hydrogens is 300 g/mol. The first kappa shape index (κ1) is 14.1. The number of nitrogens with one attached hydrogen (secondary N) is 1. The van der Waals surface area contributed by atoms with Gasteiger partial charge in [-0.3, -0.25) is 4.72 Å². The van der Waals surface area contributed by atoms with Crippen molar-refractivity contribution in [2.75, 3.05) is 10.5 Å². The van der Waals surface area contributed by atoms with Crippen molar-refractivity contribution < 1.29 is 8.42 Å². The van der Waals surface area contributed by atoms with E-state index in [9.17, 15) is 8.42 Å². The summed E-state index contributed by atoms with van der Waals surface area (Å²) >= 11 is 5.90. The summed E-state index contributed by atoms with van der Waals surface area (Å²) in [5.41, 5.74) is 5.82. The second-order valence-electron chi connectivity index (χ2n) is 3.83. The molecule has 0 spiro atoms. The molecule has 8 heteroatoms. The summed E-state index contributed by atoms with van der Waals surface area (Å²) in [6.07, 6.45) is 1.14. The maximum atomic E-state index is 12.1. The zero-order valence-corrected chi connectivity index (χ0v) is 11.6. The van der Waals surface area contributed by atoms with E-state index in [2.05, 4.69) is 9.71 Å². The highest BCUT2D eigenvalue weighted by molar-refractivity contribution is 7.92. The van der Waals surface area contributed by atoms with Crippen LogP contribution in [0.25, 0.3) is 0 Å². The molecule has 20 heavy (non-hydrogen) atoms. The molecule has 1 aromatic heterocycles. The van der Waals surface area contributed by atoms with Crippen LogP contribution in [0.5, 0.6) is 0 Å². The van der Waals surface area contributed by atoms with Crippen LogP contribution in [0.1, 0.15) is 5.56 Å². The fourth-order valence-corrected chi connectivity index (χ4v) is 2.66. The molecule has 2 rings (SSSR count). The maximum absolute atomic E-state index is 12.1. The number of hydrogen-bond acceptors (Lipinski definition) is 5. The fraction of sp³-hybridized carbons (Fsp3) is 0. The van der Waals surface area contributed by atoms with Gasteiger partial charge in [-0.15, -0.1) is 0 Å².